The molecule has 0 fully saturated rings. The van der Waals surface area contributed by atoms with Crippen LogP contribution in [0.3, 0.4) is 0 Å². The summed E-state index contributed by atoms with van der Waals surface area (Å²) >= 11 is 0. The van der Waals surface area contributed by atoms with Crippen molar-refractivity contribution in [3.8, 4) is 0 Å². The molecule has 1 aromatic carbocycles. The van der Waals surface area contributed by atoms with Crippen LogP contribution in [0.4, 0.5) is 8.78 Å². The number of likely N-dealkylation sites (N-methyl/N-ethyl adjacent to an activating group) is 1. The van der Waals surface area contributed by atoms with E-state index in [0.717, 1.165) is 6.07 Å². The fraction of sp³-hybridized carbons (Fsp3) is 0.308. The number of halogens is 2. The van der Waals surface area contributed by atoms with Crippen LogP contribution < -0.4 is 11.0 Å². The van der Waals surface area contributed by atoms with Gasteiger partial charge in [-0.2, -0.15) is 0 Å². The van der Waals surface area contributed by atoms with Crippen molar-refractivity contribution < 1.29 is 8.78 Å². The molecule has 19 heavy (non-hydrogen) atoms. The van der Waals surface area contributed by atoms with E-state index in [1.54, 1.807) is 26.5 Å². The van der Waals surface area contributed by atoms with Crippen LogP contribution in [-0.4, -0.2) is 16.2 Å². The highest BCUT2D eigenvalue weighted by molar-refractivity contribution is 5.22. The minimum Gasteiger partial charge on any atom is -0.311 e. The lowest BCUT2D eigenvalue weighted by Gasteiger charge is -2.17. The summed E-state index contributed by atoms with van der Waals surface area (Å²) < 4.78 is 29.8. The summed E-state index contributed by atoms with van der Waals surface area (Å²) in [7, 11) is 3.28. The second-order valence-corrected chi connectivity index (χ2v) is 4.33. The first-order valence-electron chi connectivity index (χ1n) is 5.87. The second kappa shape index (κ2) is 5.36. The van der Waals surface area contributed by atoms with Gasteiger partial charge in [0.25, 0.3) is 0 Å². The van der Waals surface area contributed by atoms with Crippen molar-refractivity contribution in [1.29, 1.82) is 0 Å². The first-order valence-corrected chi connectivity index (χ1v) is 5.87. The first kappa shape index (κ1) is 13.5. The molecule has 0 saturated carbocycles. The molecule has 102 valence electrons. The van der Waals surface area contributed by atoms with Crippen LogP contribution in [0, 0.1) is 11.6 Å². The molecular weight excluding hydrogens is 252 g/mol. The zero-order valence-corrected chi connectivity index (χ0v) is 10.7. The molecule has 6 heteroatoms. The molecule has 0 spiro atoms. The fourth-order valence-electron chi connectivity index (χ4n) is 1.98. The van der Waals surface area contributed by atoms with Gasteiger partial charge in [-0.15, -0.1) is 0 Å². The van der Waals surface area contributed by atoms with Gasteiger partial charge in [-0.25, -0.2) is 13.6 Å². The van der Waals surface area contributed by atoms with Gasteiger partial charge in [0, 0.05) is 31.5 Å². The Labute approximate surface area is 109 Å². The molecule has 1 aromatic heterocycles. The topological polar surface area (TPSA) is 39.0 Å². The Bertz CT molecular complexity index is 633. The minimum absolute atomic E-state index is 0.197. The first-order chi connectivity index (χ1) is 9.04. The molecule has 1 N–H and O–H groups in total. The van der Waals surface area contributed by atoms with E-state index in [-0.39, 0.29) is 17.8 Å². The third kappa shape index (κ3) is 2.58. The number of aromatic nitrogens is 2. The van der Waals surface area contributed by atoms with Gasteiger partial charge >= 0.3 is 5.69 Å². The molecule has 0 aliphatic rings. The predicted molar refractivity (Wildman–Crippen MR) is 67.8 cm³/mol. The quantitative estimate of drug-likeness (QED) is 0.910. The van der Waals surface area contributed by atoms with Gasteiger partial charge in [0.2, 0.25) is 0 Å². The lowest BCUT2D eigenvalue weighted by molar-refractivity contribution is 0.441. The van der Waals surface area contributed by atoms with Crippen LogP contribution in [0.5, 0.6) is 0 Å². The molecular formula is C13H15F2N3O. The van der Waals surface area contributed by atoms with Crippen LogP contribution in [0.15, 0.2) is 35.4 Å². The summed E-state index contributed by atoms with van der Waals surface area (Å²) in [5, 5.41) is 2.90. The third-order valence-corrected chi connectivity index (χ3v) is 3.10. The normalized spacial score (nSPS) is 12.6. The van der Waals surface area contributed by atoms with Crippen LogP contribution in [0.2, 0.25) is 0 Å². The van der Waals surface area contributed by atoms with E-state index < -0.39 is 17.7 Å². The molecule has 1 atom stereocenters. The van der Waals surface area contributed by atoms with E-state index in [1.807, 2.05) is 0 Å². The standard InChI is InChI=1S/C13H15F2N3O/c1-16-11(8-18-7-6-17(2)13(18)19)9-4-3-5-10(14)12(9)15/h3-7,11,16H,8H2,1-2H3. The number of nitrogens with zero attached hydrogens (tertiary/aromatic N) is 2. The number of hydrogen-bond donors (Lipinski definition) is 1. The largest absolute Gasteiger partial charge is 0.327 e. The smallest absolute Gasteiger partial charge is 0.311 e. The highest BCUT2D eigenvalue weighted by atomic mass is 19.2. The van der Waals surface area contributed by atoms with E-state index >= 15 is 0 Å². The monoisotopic (exact) mass is 267 g/mol. The third-order valence-electron chi connectivity index (χ3n) is 3.10. The maximum absolute atomic E-state index is 13.7. The van der Waals surface area contributed by atoms with Crippen LogP contribution in [0.25, 0.3) is 0 Å². The highest BCUT2D eigenvalue weighted by Crippen LogP contribution is 2.20. The van der Waals surface area contributed by atoms with E-state index in [1.165, 1.54) is 21.3 Å². The Hall–Kier alpha value is -1.95. The summed E-state index contributed by atoms with van der Waals surface area (Å²) in [5.74, 6) is -1.77. The van der Waals surface area contributed by atoms with E-state index in [9.17, 15) is 13.6 Å². The van der Waals surface area contributed by atoms with Crippen LogP contribution >= 0.6 is 0 Å². The lowest BCUT2D eigenvalue weighted by atomic mass is 10.1. The number of aryl methyl sites for hydroxylation is 1. The van der Waals surface area contributed by atoms with E-state index in [4.69, 9.17) is 0 Å². The molecule has 0 aliphatic heterocycles. The maximum Gasteiger partial charge on any atom is 0.327 e. The van der Waals surface area contributed by atoms with E-state index in [2.05, 4.69) is 5.32 Å². The van der Waals surface area contributed by atoms with Crippen LogP contribution in [0.1, 0.15) is 11.6 Å². The Morgan fingerprint density at radius 1 is 1.32 bits per heavy atom. The number of benzene rings is 1. The molecule has 0 radical (unpaired) electrons. The molecule has 2 rings (SSSR count). The van der Waals surface area contributed by atoms with Gasteiger partial charge in [-0.05, 0) is 13.1 Å². The molecule has 0 bridgehead atoms. The molecule has 2 aromatic rings. The predicted octanol–water partition coefficient (Wildman–Crippen LogP) is 1.43. The fourth-order valence-corrected chi connectivity index (χ4v) is 1.98. The molecule has 0 saturated heterocycles. The van der Waals surface area contributed by atoms with Crippen molar-refractivity contribution >= 4 is 0 Å². The Morgan fingerprint density at radius 3 is 2.63 bits per heavy atom. The highest BCUT2D eigenvalue weighted by Gasteiger charge is 2.18. The SMILES string of the molecule is CNC(Cn1ccn(C)c1=O)c1cccc(F)c1F. The molecule has 0 aliphatic carbocycles. The Morgan fingerprint density at radius 2 is 2.05 bits per heavy atom. The van der Waals surface area contributed by atoms with Crippen molar-refractivity contribution in [3.63, 3.8) is 0 Å². The lowest BCUT2D eigenvalue weighted by Crippen LogP contribution is -2.29. The zero-order valence-electron chi connectivity index (χ0n) is 10.7. The summed E-state index contributed by atoms with van der Waals surface area (Å²) in [5.41, 5.74) is 0.00955. The van der Waals surface area contributed by atoms with Crippen molar-refractivity contribution in [1.82, 2.24) is 14.5 Å². The molecule has 4 nitrogen and oxygen atoms in total. The van der Waals surface area contributed by atoms with Gasteiger partial charge in [0.15, 0.2) is 11.6 Å². The van der Waals surface area contributed by atoms with E-state index in [0.29, 0.717) is 0 Å². The second-order valence-electron chi connectivity index (χ2n) is 4.33. The van der Waals surface area contributed by atoms with Crippen molar-refractivity contribution in [2.45, 2.75) is 12.6 Å². The summed E-state index contributed by atoms with van der Waals surface area (Å²) in [6.45, 7) is 0.233. The average molecular weight is 267 g/mol. The zero-order chi connectivity index (χ0) is 14.0. The number of hydrogen-bond acceptors (Lipinski definition) is 2. The Kier molecular flexibility index (Phi) is 3.80. The molecule has 1 heterocycles. The van der Waals surface area contributed by atoms with Crippen molar-refractivity contribution in [3.05, 3.63) is 58.3 Å². The van der Waals surface area contributed by atoms with Crippen molar-refractivity contribution in [2.24, 2.45) is 7.05 Å². The number of nitrogens with one attached hydrogen (secondary N) is 1. The van der Waals surface area contributed by atoms with Gasteiger partial charge < -0.3 is 9.88 Å². The van der Waals surface area contributed by atoms with Gasteiger partial charge in [0.05, 0.1) is 6.04 Å². The molecule has 1 unspecified atom stereocenters. The summed E-state index contributed by atoms with van der Waals surface area (Å²) in [6.07, 6.45) is 3.24. The van der Waals surface area contributed by atoms with Gasteiger partial charge in [-0.3, -0.25) is 4.57 Å². The van der Waals surface area contributed by atoms with Gasteiger partial charge in [-0.1, -0.05) is 12.1 Å². The minimum atomic E-state index is -0.891. The summed E-state index contributed by atoms with van der Waals surface area (Å²) in [6, 6.07) is 3.55. The average Bonchev–Trinajstić information content (AvgIpc) is 2.71. The van der Waals surface area contributed by atoms with Crippen molar-refractivity contribution in [2.75, 3.05) is 7.05 Å². The number of imidazole rings is 1. The molecule has 0 amide bonds. The maximum atomic E-state index is 13.7. The van der Waals surface area contributed by atoms with Gasteiger partial charge in [0.1, 0.15) is 0 Å². The summed E-state index contributed by atoms with van der Waals surface area (Å²) in [4.78, 5) is 11.7. The Balaban J connectivity index is 2.33. The van der Waals surface area contributed by atoms with Crippen LogP contribution in [-0.2, 0) is 13.6 Å². The number of rotatable bonds is 4.